The van der Waals surface area contributed by atoms with Crippen molar-refractivity contribution in [3.63, 3.8) is 0 Å². The summed E-state index contributed by atoms with van der Waals surface area (Å²) in [5.74, 6) is 0.191. The summed E-state index contributed by atoms with van der Waals surface area (Å²) in [6.07, 6.45) is 6.73. The van der Waals surface area contributed by atoms with E-state index in [2.05, 4.69) is 24.5 Å². The van der Waals surface area contributed by atoms with Gasteiger partial charge in [-0.3, -0.25) is 4.79 Å². The molecule has 3 unspecified atom stereocenters. The van der Waals surface area contributed by atoms with Crippen molar-refractivity contribution in [2.45, 2.75) is 77.5 Å². The van der Waals surface area contributed by atoms with Crippen LogP contribution in [-0.2, 0) is 9.53 Å². The molecule has 116 valence electrons. The van der Waals surface area contributed by atoms with Crippen molar-refractivity contribution in [1.82, 2.24) is 10.6 Å². The summed E-state index contributed by atoms with van der Waals surface area (Å²) < 4.78 is 5.87. The molecule has 2 rings (SSSR count). The summed E-state index contributed by atoms with van der Waals surface area (Å²) >= 11 is 0. The van der Waals surface area contributed by atoms with Gasteiger partial charge < -0.3 is 15.4 Å². The molecule has 20 heavy (non-hydrogen) atoms. The van der Waals surface area contributed by atoms with E-state index in [4.69, 9.17) is 4.74 Å². The smallest absolute Gasteiger partial charge is 0.237 e. The largest absolute Gasteiger partial charge is 0.378 e. The van der Waals surface area contributed by atoms with Crippen molar-refractivity contribution in [1.29, 1.82) is 0 Å². The van der Waals surface area contributed by atoms with E-state index in [1.54, 1.807) is 0 Å². The fourth-order valence-electron chi connectivity index (χ4n) is 3.93. The second kappa shape index (κ2) is 6.90. The van der Waals surface area contributed by atoms with Crippen molar-refractivity contribution < 1.29 is 9.53 Å². The quantitative estimate of drug-likeness (QED) is 0.785. The predicted octanol–water partition coefficient (Wildman–Crippen LogP) is 2.23. The summed E-state index contributed by atoms with van der Waals surface area (Å²) in [6.45, 7) is 8.21. The van der Waals surface area contributed by atoms with Gasteiger partial charge in [-0.2, -0.15) is 0 Å². The lowest BCUT2D eigenvalue weighted by molar-refractivity contribution is -0.149. The Morgan fingerprint density at radius 3 is 2.60 bits per heavy atom. The summed E-state index contributed by atoms with van der Waals surface area (Å²) in [5.41, 5.74) is 0.139. The van der Waals surface area contributed by atoms with Crippen LogP contribution < -0.4 is 10.6 Å². The zero-order chi connectivity index (χ0) is 14.6. The van der Waals surface area contributed by atoms with E-state index in [0.717, 1.165) is 45.3 Å². The van der Waals surface area contributed by atoms with Crippen LogP contribution in [0.25, 0.3) is 0 Å². The van der Waals surface area contributed by atoms with Gasteiger partial charge in [-0.1, -0.05) is 20.3 Å². The van der Waals surface area contributed by atoms with Crippen molar-refractivity contribution in [3.05, 3.63) is 0 Å². The third-order valence-electron chi connectivity index (χ3n) is 5.41. The number of rotatable bonds is 6. The molecule has 0 bridgehead atoms. The zero-order valence-corrected chi connectivity index (χ0v) is 13.2. The third kappa shape index (κ3) is 2.86. The van der Waals surface area contributed by atoms with E-state index in [-0.39, 0.29) is 23.4 Å². The Kier molecular flexibility index (Phi) is 5.44. The molecule has 1 heterocycles. The molecular formula is C16H30N2O2. The Morgan fingerprint density at radius 2 is 2.05 bits per heavy atom. The molecule has 1 saturated carbocycles. The molecule has 0 radical (unpaired) electrons. The fraction of sp³-hybridized carbons (Fsp3) is 0.938. The highest BCUT2D eigenvalue weighted by atomic mass is 16.5. The van der Waals surface area contributed by atoms with Gasteiger partial charge in [-0.15, -0.1) is 0 Å². The summed E-state index contributed by atoms with van der Waals surface area (Å²) in [7, 11) is 0. The lowest BCUT2D eigenvalue weighted by atomic mass is 9.58. The summed E-state index contributed by atoms with van der Waals surface area (Å²) in [5, 5.41) is 6.61. The number of carbonyl (C=O) groups is 1. The van der Waals surface area contributed by atoms with Crippen LogP contribution in [0.3, 0.4) is 0 Å². The van der Waals surface area contributed by atoms with Crippen LogP contribution in [0.15, 0.2) is 0 Å². The first-order valence-electron chi connectivity index (χ1n) is 8.33. The molecule has 1 saturated heterocycles. The van der Waals surface area contributed by atoms with Gasteiger partial charge in [0.15, 0.2) is 0 Å². The molecule has 1 aliphatic heterocycles. The molecule has 2 aliphatic rings. The number of nitrogens with one attached hydrogen (secondary N) is 2. The highest BCUT2D eigenvalue weighted by Gasteiger charge is 2.54. The average Bonchev–Trinajstić information content (AvgIpc) is 2.48. The van der Waals surface area contributed by atoms with E-state index >= 15 is 0 Å². The minimum Gasteiger partial charge on any atom is -0.378 e. The van der Waals surface area contributed by atoms with Crippen molar-refractivity contribution in [2.75, 3.05) is 13.2 Å². The van der Waals surface area contributed by atoms with Gasteiger partial charge in [0.05, 0.1) is 12.1 Å². The second-order valence-corrected chi connectivity index (χ2v) is 6.18. The van der Waals surface area contributed by atoms with Crippen molar-refractivity contribution in [3.8, 4) is 0 Å². The Balaban J connectivity index is 1.93. The number of amides is 1. The van der Waals surface area contributed by atoms with Gasteiger partial charge in [0, 0.05) is 18.1 Å². The molecule has 4 heteroatoms. The first kappa shape index (κ1) is 15.8. The maximum atomic E-state index is 12.4. The summed E-state index contributed by atoms with van der Waals surface area (Å²) in [4.78, 5) is 12.4. The monoisotopic (exact) mass is 282 g/mol. The molecule has 1 aliphatic carbocycles. The fourth-order valence-corrected chi connectivity index (χ4v) is 3.93. The molecule has 2 N–H and O–H groups in total. The SMILES string of the molecule is CCOC1CC(NC(=O)C2CCCCN2)C1(CC)CC. The maximum Gasteiger partial charge on any atom is 0.237 e. The Labute approximate surface area is 123 Å². The molecule has 1 amide bonds. The normalized spacial score (nSPS) is 32.5. The van der Waals surface area contributed by atoms with Crippen LogP contribution >= 0.6 is 0 Å². The first-order valence-corrected chi connectivity index (χ1v) is 8.33. The molecule has 0 aromatic rings. The minimum atomic E-state index is 0.0151. The van der Waals surface area contributed by atoms with Gasteiger partial charge in [-0.05, 0) is 45.6 Å². The van der Waals surface area contributed by atoms with Crippen LogP contribution in [0.5, 0.6) is 0 Å². The van der Waals surface area contributed by atoms with Crippen LogP contribution in [0.2, 0.25) is 0 Å². The van der Waals surface area contributed by atoms with Crippen LogP contribution in [0.4, 0.5) is 0 Å². The molecule has 0 aromatic heterocycles. The second-order valence-electron chi connectivity index (χ2n) is 6.18. The van der Waals surface area contributed by atoms with E-state index < -0.39 is 0 Å². The molecule has 0 aromatic carbocycles. The van der Waals surface area contributed by atoms with Gasteiger partial charge in [0.1, 0.15) is 0 Å². The van der Waals surface area contributed by atoms with E-state index in [1.807, 2.05) is 6.92 Å². The highest BCUT2D eigenvalue weighted by Crippen LogP contribution is 2.48. The Morgan fingerprint density at radius 1 is 1.30 bits per heavy atom. The lowest BCUT2D eigenvalue weighted by Crippen LogP contribution is -2.66. The predicted molar refractivity (Wildman–Crippen MR) is 80.6 cm³/mol. The highest BCUT2D eigenvalue weighted by molar-refractivity contribution is 5.82. The molecule has 2 fully saturated rings. The average molecular weight is 282 g/mol. The van der Waals surface area contributed by atoms with Crippen molar-refractivity contribution in [2.24, 2.45) is 5.41 Å². The molecule has 4 nitrogen and oxygen atoms in total. The zero-order valence-electron chi connectivity index (χ0n) is 13.2. The molecular weight excluding hydrogens is 252 g/mol. The van der Waals surface area contributed by atoms with Gasteiger partial charge >= 0.3 is 0 Å². The molecule has 3 atom stereocenters. The number of hydrogen-bond acceptors (Lipinski definition) is 3. The lowest BCUT2D eigenvalue weighted by Gasteiger charge is -2.55. The van der Waals surface area contributed by atoms with Crippen LogP contribution in [-0.4, -0.2) is 37.2 Å². The Hall–Kier alpha value is -0.610. The first-order chi connectivity index (χ1) is 9.67. The number of hydrogen-bond donors (Lipinski definition) is 2. The van der Waals surface area contributed by atoms with E-state index in [9.17, 15) is 4.79 Å². The maximum absolute atomic E-state index is 12.4. The number of piperidine rings is 1. The summed E-state index contributed by atoms with van der Waals surface area (Å²) in [6, 6.07) is 0.298. The van der Waals surface area contributed by atoms with Gasteiger partial charge in [-0.25, -0.2) is 0 Å². The van der Waals surface area contributed by atoms with Gasteiger partial charge in [0.2, 0.25) is 5.91 Å². The van der Waals surface area contributed by atoms with Crippen LogP contribution in [0.1, 0.15) is 59.3 Å². The van der Waals surface area contributed by atoms with Crippen LogP contribution in [0, 0.1) is 5.41 Å². The minimum absolute atomic E-state index is 0.0151. The van der Waals surface area contributed by atoms with E-state index in [1.165, 1.54) is 6.42 Å². The van der Waals surface area contributed by atoms with E-state index in [0.29, 0.717) is 6.10 Å². The third-order valence-corrected chi connectivity index (χ3v) is 5.41. The van der Waals surface area contributed by atoms with Gasteiger partial charge in [0.25, 0.3) is 0 Å². The molecule has 0 spiro atoms. The standard InChI is InChI=1S/C16H30N2O2/c1-4-16(5-2)13(11-14(16)20-6-3)18-15(19)12-9-7-8-10-17-12/h12-14,17H,4-11H2,1-3H3,(H,18,19). The van der Waals surface area contributed by atoms with Crippen molar-refractivity contribution >= 4 is 5.91 Å². The number of ether oxygens (including phenoxy) is 1. The topological polar surface area (TPSA) is 50.4 Å². The Bertz CT molecular complexity index is 322. The number of carbonyl (C=O) groups excluding carboxylic acids is 1.